The number of carbonyl (C=O) groups excluding carboxylic acids is 1. The molecule has 2 aliphatic heterocycles. The number of fused-ring (bicyclic) bond motifs is 2. The maximum atomic E-state index is 13.1. The van der Waals surface area contributed by atoms with Crippen molar-refractivity contribution in [2.24, 2.45) is 11.1 Å². The van der Waals surface area contributed by atoms with Gasteiger partial charge in [-0.1, -0.05) is 29.4 Å². The third-order valence-electron chi connectivity index (χ3n) is 8.30. The van der Waals surface area contributed by atoms with E-state index >= 15 is 0 Å². The first-order valence-corrected chi connectivity index (χ1v) is 14.6. The number of anilines is 2. The summed E-state index contributed by atoms with van der Waals surface area (Å²) in [5.41, 5.74) is 10.6. The van der Waals surface area contributed by atoms with E-state index < -0.39 is 0 Å². The zero-order chi connectivity index (χ0) is 27.9. The fourth-order valence-electron chi connectivity index (χ4n) is 6.03. The van der Waals surface area contributed by atoms with Crippen molar-refractivity contribution in [3.63, 3.8) is 0 Å². The van der Waals surface area contributed by atoms with E-state index in [1.165, 1.54) is 11.8 Å². The number of nitrogens with zero attached hydrogens (tertiary/aromatic N) is 5. The van der Waals surface area contributed by atoms with E-state index in [-0.39, 0.29) is 24.0 Å². The standard InChI is InChI=1S/C28H32ClN7O3S/c1-39-12-11-36-16-33-18-4-5-21(24(29)23(18)27(36)38)40-22-14-32-26(20(15-37)34-22)35-9-6-28(7-10-35)13-19-17(25(28)30)3-2-8-31-19/h2-5,8,14,25,33,37H,6-7,9-13,15-16,30H2,1H3/t25-/m1/s1. The van der Waals surface area contributed by atoms with Crippen LogP contribution in [0.25, 0.3) is 0 Å². The SMILES string of the molecule is COCCN1CNc2ccc(Sc3cnc(N4CCC5(CC4)Cc4ncccc4[C@H]5N)c(CO)n3)c(Cl)c2C1=O. The van der Waals surface area contributed by atoms with Crippen LogP contribution in [0.1, 0.15) is 46.2 Å². The molecular weight excluding hydrogens is 550 g/mol. The Morgan fingerprint density at radius 2 is 2.10 bits per heavy atom. The lowest BCUT2D eigenvalue weighted by Crippen LogP contribution is -2.45. The highest BCUT2D eigenvalue weighted by Crippen LogP contribution is 2.50. The minimum Gasteiger partial charge on any atom is -0.390 e. The van der Waals surface area contributed by atoms with Crippen molar-refractivity contribution in [2.75, 3.05) is 50.2 Å². The summed E-state index contributed by atoms with van der Waals surface area (Å²) in [5.74, 6) is 0.549. The highest BCUT2D eigenvalue weighted by molar-refractivity contribution is 7.99. The van der Waals surface area contributed by atoms with Gasteiger partial charge < -0.3 is 30.7 Å². The molecule has 1 aromatic carbocycles. The van der Waals surface area contributed by atoms with Crippen LogP contribution in [-0.4, -0.2) is 70.9 Å². The number of aliphatic hydroxyl groups is 1. The smallest absolute Gasteiger partial charge is 0.259 e. The summed E-state index contributed by atoms with van der Waals surface area (Å²) >= 11 is 8.06. The topological polar surface area (TPSA) is 130 Å². The summed E-state index contributed by atoms with van der Waals surface area (Å²) in [6, 6.07) is 7.76. The molecule has 6 rings (SSSR count). The lowest BCUT2D eigenvalue weighted by molar-refractivity contribution is 0.0700. The van der Waals surface area contributed by atoms with Gasteiger partial charge in [0.15, 0.2) is 5.82 Å². The molecule has 2 aromatic heterocycles. The van der Waals surface area contributed by atoms with Gasteiger partial charge in [-0.25, -0.2) is 9.97 Å². The zero-order valence-corrected chi connectivity index (χ0v) is 23.8. The Kier molecular flexibility index (Phi) is 7.58. The van der Waals surface area contributed by atoms with Crippen molar-refractivity contribution < 1.29 is 14.6 Å². The maximum absolute atomic E-state index is 13.1. The molecule has 3 aliphatic rings. The normalized spacial score (nSPS) is 19.5. The molecule has 40 heavy (non-hydrogen) atoms. The predicted molar refractivity (Wildman–Crippen MR) is 154 cm³/mol. The molecule has 3 aromatic rings. The van der Waals surface area contributed by atoms with E-state index in [4.69, 9.17) is 32.0 Å². The van der Waals surface area contributed by atoms with Crippen molar-refractivity contribution in [3.8, 4) is 0 Å². The van der Waals surface area contributed by atoms with E-state index in [1.807, 2.05) is 24.4 Å². The van der Waals surface area contributed by atoms with E-state index in [0.29, 0.717) is 57.5 Å². The fraction of sp³-hybridized carbons (Fsp3) is 0.429. The number of methoxy groups -OCH3 is 1. The first-order chi connectivity index (χ1) is 19.4. The first-order valence-electron chi connectivity index (χ1n) is 13.4. The van der Waals surface area contributed by atoms with Crippen LogP contribution >= 0.6 is 23.4 Å². The summed E-state index contributed by atoms with van der Waals surface area (Å²) in [5, 5.41) is 14.4. The van der Waals surface area contributed by atoms with Crippen LogP contribution in [0.5, 0.6) is 0 Å². The molecule has 12 heteroatoms. The Hall–Kier alpha value is -2.96. The van der Waals surface area contributed by atoms with Gasteiger partial charge in [-0.15, -0.1) is 0 Å². The number of aliphatic hydroxyl groups excluding tert-OH is 1. The number of amides is 1. The molecule has 0 unspecified atom stereocenters. The van der Waals surface area contributed by atoms with Gasteiger partial charge in [0.2, 0.25) is 0 Å². The number of ether oxygens (including phenoxy) is 1. The Labute approximate surface area is 242 Å². The molecule has 0 radical (unpaired) electrons. The van der Waals surface area contributed by atoms with Crippen molar-refractivity contribution >= 4 is 40.8 Å². The van der Waals surface area contributed by atoms with Crippen LogP contribution in [0.3, 0.4) is 0 Å². The maximum Gasteiger partial charge on any atom is 0.259 e. The number of aromatic nitrogens is 3. The zero-order valence-electron chi connectivity index (χ0n) is 22.3. The number of carbonyl (C=O) groups is 1. The number of nitrogens with one attached hydrogen (secondary N) is 1. The van der Waals surface area contributed by atoms with E-state index in [1.54, 1.807) is 18.2 Å². The fourth-order valence-corrected chi connectivity index (χ4v) is 7.20. The van der Waals surface area contributed by atoms with Gasteiger partial charge in [0.05, 0.1) is 36.7 Å². The van der Waals surface area contributed by atoms with Gasteiger partial charge in [0.1, 0.15) is 10.7 Å². The number of hydrogen-bond donors (Lipinski definition) is 3. The molecule has 1 saturated heterocycles. The highest BCUT2D eigenvalue weighted by atomic mass is 35.5. The molecular formula is C28H32ClN7O3S. The van der Waals surface area contributed by atoms with Gasteiger partial charge in [-0.05, 0) is 48.4 Å². The Morgan fingerprint density at radius 3 is 2.85 bits per heavy atom. The number of hydrogen-bond acceptors (Lipinski definition) is 10. The predicted octanol–water partition coefficient (Wildman–Crippen LogP) is 3.48. The minimum absolute atomic E-state index is 0.00438. The summed E-state index contributed by atoms with van der Waals surface area (Å²) in [6.07, 6.45) is 6.27. The van der Waals surface area contributed by atoms with E-state index in [9.17, 15) is 9.90 Å². The summed E-state index contributed by atoms with van der Waals surface area (Å²) < 4.78 is 5.13. The molecule has 0 bridgehead atoms. The molecule has 1 fully saturated rings. The summed E-state index contributed by atoms with van der Waals surface area (Å²) in [4.78, 5) is 31.6. The molecule has 10 nitrogen and oxygen atoms in total. The largest absolute Gasteiger partial charge is 0.390 e. The number of nitrogens with two attached hydrogens (primary N) is 1. The van der Waals surface area contributed by atoms with Crippen LogP contribution < -0.4 is 16.0 Å². The Morgan fingerprint density at radius 1 is 1.27 bits per heavy atom. The average Bonchev–Trinajstić information content (AvgIpc) is 3.25. The van der Waals surface area contributed by atoms with Gasteiger partial charge in [-0.3, -0.25) is 9.78 Å². The molecule has 210 valence electrons. The van der Waals surface area contributed by atoms with Crippen molar-refractivity contribution in [1.29, 1.82) is 0 Å². The van der Waals surface area contributed by atoms with Crippen molar-refractivity contribution in [3.05, 3.63) is 64.2 Å². The minimum atomic E-state index is -0.234. The average molecular weight is 582 g/mol. The Balaban J connectivity index is 1.17. The molecule has 1 amide bonds. The lowest BCUT2D eigenvalue weighted by Gasteiger charge is -2.42. The summed E-state index contributed by atoms with van der Waals surface area (Å²) in [7, 11) is 1.61. The van der Waals surface area contributed by atoms with Crippen molar-refractivity contribution in [1.82, 2.24) is 19.9 Å². The third-order valence-corrected chi connectivity index (χ3v) is 9.77. The van der Waals surface area contributed by atoms with E-state index in [0.717, 1.165) is 43.6 Å². The number of pyridine rings is 1. The van der Waals surface area contributed by atoms with Gasteiger partial charge >= 0.3 is 0 Å². The molecule has 4 heterocycles. The quantitative estimate of drug-likeness (QED) is 0.381. The molecule has 1 atom stereocenters. The Bertz CT molecular complexity index is 1430. The van der Waals surface area contributed by atoms with Gasteiger partial charge in [0.25, 0.3) is 5.91 Å². The van der Waals surface area contributed by atoms with Crippen LogP contribution in [0, 0.1) is 5.41 Å². The first kappa shape index (κ1) is 27.2. The molecule has 0 saturated carbocycles. The number of rotatable bonds is 7. The van der Waals surface area contributed by atoms with Gasteiger partial charge in [0, 0.05) is 55.3 Å². The second-order valence-electron chi connectivity index (χ2n) is 10.5. The third kappa shape index (κ3) is 4.79. The molecule has 1 aliphatic carbocycles. The second kappa shape index (κ2) is 11.1. The van der Waals surface area contributed by atoms with Crippen LogP contribution in [0.2, 0.25) is 5.02 Å². The lowest BCUT2D eigenvalue weighted by atomic mass is 9.73. The van der Waals surface area contributed by atoms with Crippen LogP contribution in [-0.2, 0) is 17.8 Å². The second-order valence-corrected chi connectivity index (χ2v) is 11.9. The van der Waals surface area contributed by atoms with Gasteiger partial charge in [-0.2, -0.15) is 0 Å². The van der Waals surface area contributed by atoms with E-state index in [2.05, 4.69) is 21.3 Å². The highest BCUT2D eigenvalue weighted by Gasteiger charge is 2.46. The summed E-state index contributed by atoms with van der Waals surface area (Å²) in [6.45, 7) is 2.63. The molecule has 4 N–H and O–H groups in total. The monoisotopic (exact) mass is 581 g/mol. The van der Waals surface area contributed by atoms with Crippen molar-refractivity contribution in [2.45, 2.75) is 41.8 Å². The number of benzene rings is 1. The number of piperidine rings is 1. The molecule has 1 spiro atoms. The van der Waals surface area contributed by atoms with Crippen LogP contribution in [0.4, 0.5) is 11.5 Å². The van der Waals surface area contributed by atoms with Crippen LogP contribution in [0.15, 0.2) is 46.6 Å². The number of halogens is 1.